The van der Waals surface area contributed by atoms with Crippen LogP contribution in [0.3, 0.4) is 0 Å². The Bertz CT molecular complexity index is 1080. The summed E-state index contributed by atoms with van der Waals surface area (Å²) in [6.45, 7) is 0. The molecule has 27 heavy (non-hydrogen) atoms. The summed E-state index contributed by atoms with van der Waals surface area (Å²) in [7, 11) is 1.65. The highest BCUT2D eigenvalue weighted by Crippen LogP contribution is 2.37. The number of aromatic amines is 1. The standard InChI is InChI=1S/C22H20N4O/c1-27-19-10-8-14(9-11-19)21-20(22(24)26-25-21)17-6-2-4-15(12-17)16-5-3-7-18(23)13-16/h2-13H,23H2,1H3,(H3,24,25,26). The van der Waals surface area contributed by atoms with Gasteiger partial charge in [-0.1, -0.05) is 30.3 Å². The highest BCUT2D eigenvalue weighted by atomic mass is 16.5. The molecular formula is C22H20N4O. The van der Waals surface area contributed by atoms with E-state index in [0.717, 1.165) is 44.9 Å². The van der Waals surface area contributed by atoms with E-state index < -0.39 is 0 Å². The zero-order valence-electron chi connectivity index (χ0n) is 14.9. The van der Waals surface area contributed by atoms with Crippen LogP contribution in [0.1, 0.15) is 0 Å². The number of H-pyrrole nitrogens is 1. The summed E-state index contributed by atoms with van der Waals surface area (Å²) < 4.78 is 5.24. The van der Waals surface area contributed by atoms with E-state index in [-0.39, 0.29) is 0 Å². The van der Waals surface area contributed by atoms with Crippen molar-refractivity contribution in [3.63, 3.8) is 0 Å². The minimum Gasteiger partial charge on any atom is -0.497 e. The monoisotopic (exact) mass is 356 g/mol. The van der Waals surface area contributed by atoms with E-state index in [4.69, 9.17) is 16.2 Å². The van der Waals surface area contributed by atoms with Gasteiger partial charge in [0.2, 0.25) is 0 Å². The molecule has 0 atom stereocenters. The van der Waals surface area contributed by atoms with Crippen LogP contribution in [-0.4, -0.2) is 17.3 Å². The Morgan fingerprint density at radius 3 is 2.15 bits per heavy atom. The summed E-state index contributed by atoms with van der Waals surface area (Å²) in [6.07, 6.45) is 0. The van der Waals surface area contributed by atoms with Gasteiger partial charge in [-0.05, 0) is 59.2 Å². The molecule has 3 aromatic carbocycles. The molecule has 0 spiro atoms. The number of hydrogen-bond acceptors (Lipinski definition) is 4. The molecule has 1 heterocycles. The Morgan fingerprint density at radius 1 is 0.778 bits per heavy atom. The molecule has 0 radical (unpaired) electrons. The molecular weight excluding hydrogens is 336 g/mol. The lowest BCUT2D eigenvalue weighted by molar-refractivity contribution is 0.415. The van der Waals surface area contributed by atoms with Gasteiger partial charge in [-0.15, -0.1) is 0 Å². The van der Waals surface area contributed by atoms with Crippen LogP contribution in [0.25, 0.3) is 33.5 Å². The van der Waals surface area contributed by atoms with E-state index in [0.29, 0.717) is 5.82 Å². The molecule has 0 aliphatic rings. The average Bonchev–Trinajstić information content (AvgIpc) is 3.09. The smallest absolute Gasteiger partial charge is 0.153 e. The molecule has 0 saturated carbocycles. The minimum absolute atomic E-state index is 0.463. The van der Waals surface area contributed by atoms with Gasteiger partial charge < -0.3 is 16.2 Å². The topological polar surface area (TPSA) is 89.9 Å². The number of anilines is 2. The number of nitrogens with zero attached hydrogens (tertiary/aromatic N) is 1. The number of nitrogen functional groups attached to an aromatic ring is 2. The number of nitrogens with one attached hydrogen (secondary N) is 1. The summed E-state index contributed by atoms with van der Waals surface area (Å²) in [5, 5.41) is 7.29. The molecule has 0 fully saturated rings. The Morgan fingerprint density at radius 2 is 1.44 bits per heavy atom. The van der Waals surface area contributed by atoms with Gasteiger partial charge in [0.1, 0.15) is 5.75 Å². The second kappa shape index (κ2) is 6.88. The van der Waals surface area contributed by atoms with E-state index >= 15 is 0 Å². The molecule has 4 rings (SSSR count). The molecule has 5 heteroatoms. The van der Waals surface area contributed by atoms with Crippen LogP contribution >= 0.6 is 0 Å². The highest BCUT2D eigenvalue weighted by molar-refractivity contribution is 5.89. The van der Waals surface area contributed by atoms with E-state index in [9.17, 15) is 0 Å². The number of hydrogen-bond donors (Lipinski definition) is 3. The summed E-state index contributed by atoms with van der Waals surface area (Å²) in [6, 6.07) is 23.8. The number of aromatic nitrogens is 2. The Hall–Kier alpha value is -3.73. The van der Waals surface area contributed by atoms with Gasteiger partial charge in [0, 0.05) is 11.3 Å². The molecule has 134 valence electrons. The van der Waals surface area contributed by atoms with Crippen LogP contribution in [-0.2, 0) is 0 Å². The second-order valence-electron chi connectivity index (χ2n) is 6.29. The first kappa shape index (κ1) is 16.7. The van der Waals surface area contributed by atoms with Crippen LogP contribution < -0.4 is 16.2 Å². The van der Waals surface area contributed by atoms with Crippen LogP contribution in [0.2, 0.25) is 0 Å². The molecule has 0 aliphatic carbocycles. The lowest BCUT2D eigenvalue weighted by Crippen LogP contribution is -1.90. The first-order valence-electron chi connectivity index (χ1n) is 8.60. The summed E-state index contributed by atoms with van der Waals surface area (Å²) in [5.41, 5.74) is 18.7. The first-order valence-corrected chi connectivity index (χ1v) is 8.60. The van der Waals surface area contributed by atoms with Crippen molar-refractivity contribution in [3.05, 3.63) is 72.8 Å². The van der Waals surface area contributed by atoms with Gasteiger partial charge >= 0.3 is 0 Å². The Balaban J connectivity index is 1.80. The molecule has 5 N–H and O–H groups in total. The highest BCUT2D eigenvalue weighted by Gasteiger charge is 2.15. The van der Waals surface area contributed by atoms with Crippen molar-refractivity contribution >= 4 is 11.5 Å². The van der Waals surface area contributed by atoms with Crippen molar-refractivity contribution in [1.82, 2.24) is 10.2 Å². The maximum atomic E-state index is 6.19. The number of nitrogens with two attached hydrogens (primary N) is 2. The molecule has 0 aliphatic heterocycles. The largest absolute Gasteiger partial charge is 0.497 e. The number of benzene rings is 3. The van der Waals surface area contributed by atoms with Crippen molar-refractivity contribution in [2.45, 2.75) is 0 Å². The molecule has 0 saturated heterocycles. The number of rotatable bonds is 4. The fraction of sp³-hybridized carbons (Fsp3) is 0.0455. The first-order chi connectivity index (χ1) is 13.2. The Kier molecular flexibility index (Phi) is 4.26. The maximum absolute atomic E-state index is 6.19. The van der Waals surface area contributed by atoms with Crippen LogP contribution in [0, 0.1) is 0 Å². The van der Waals surface area contributed by atoms with Gasteiger partial charge in [-0.3, -0.25) is 5.10 Å². The second-order valence-corrected chi connectivity index (χ2v) is 6.29. The van der Waals surface area contributed by atoms with E-state index in [1.165, 1.54) is 0 Å². The van der Waals surface area contributed by atoms with Gasteiger partial charge in [0.05, 0.1) is 18.4 Å². The van der Waals surface area contributed by atoms with E-state index in [2.05, 4.69) is 22.3 Å². The Labute approximate surface area is 157 Å². The average molecular weight is 356 g/mol. The third-order valence-electron chi connectivity index (χ3n) is 4.54. The van der Waals surface area contributed by atoms with Crippen molar-refractivity contribution in [1.29, 1.82) is 0 Å². The van der Waals surface area contributed by atoms with Crippen molar-refractivity contribution in [3.8, 4) is 39.3 Å². The van der Waals surface area contributed by atoms with Crippen LogP contribution in [0.15, 0.2) is 72.8 Å². The fourth-order valence-electron chi connectivity index (χ4n) is 3.19. The summed E-state index contributed by atoms with van der Waals surface area (Å²) >= 11 is 0. The molecule has 0 bridgehead atoms. The lowest BCUT2D eigenvalue weighted by Gasteiger charge is -2.09. The quantitative estimate of drug-likeness (QED) is 0.467. The van der Waals surface area contributed by atoms with Gasteiger partial charge in [-0.25, -0.2) is 0 Å². The molecule has 5 nitrogen and oxygen atoms in total. The van der Waals surface area contributed by atoms with Crippen molar-refractivity contribution in [2.24, 2.45) is 0 Å². The van der Waals surface area contributed by atoms with Crippen LogP contribution in [0.4, 0.5) is 11.5 Å². The zero-order chi connectivity index (χ0) is 18.8. The molecule has 0 amide bonds. The SMILES string of the molecule is COc1ccc(-c2[nH]nc(N)c2-c2cccc(-c3cccc(N)c3)c2)cc1. The summed E-state index contributed by atoms with van der Waals surface area (Å²) in [5.74, 6) is 1.27. The molecule has 1 aromatic heterocycles. The summed E-state index contributed by atoms with van der Waals surface area (Å²) in [4.78, 5) is 0. The van der Waals surface area contributed by atoms with Gasteiger partial charge in [-0.2, -0.15) is 5.10 Å². The van der Waals surface area contributed by atoms with Crippen molar-refractivity contribution < 1.29 is 4.74 Å². The lowest BCUT2D eigenvalue weighted by atomic mass is 9.96. The fourth-order valence-corrected chi connectivity index (χ4v) is 3.19. The van der Waals surface area contributed by atoms with Crippen molar-refractivity contribution in [2.75, 3.05) is 18.6 Å². The molecule has 4 aromatic rings. The predicted molar refractivity (Wildman–Crippen MR) is 110 cm³/mol. The normalized spacial score (nSPS) is 10.7. The number of methoxy groups -OCH3 is 1. The van der Waals surface area contributed by atoms with E-state index in [1.807, 2.05) is 60.7 Å². The minimum atomic E-state index is 0.463. The third kappa shape index (κ3) is 3.22. The van der Waals surface area contributed by atoms with Gasteiger partial charge in [0.15, 0.2) is 5.82 Å². The third-order valence-corrected chi connectivity index (χ3v) is 4.54. The van der Waals surface area contributed by atoms with Crippen LogP contribution in [0.5, 0.6) is 5.75 Å². The van der Waals surface area contributed by atoms with E-state index in [1.54, 1.807) is 7.11 Å². The predicted octanol–water partition coefficient (Wildman–Crippen LogP) is 4.58. The van der Waals surface area contributed by atoms with Gasteiger partial charge in [0.25, 0.3) is 0 Å². The zero-order valence-corrected chi connectivity index (χ0v) is 14.9. The maximum Gasteiger partial charge on any atom is 0.153 e. The number of ether oxygens (including phenoxy) is 1. The molecule has 0 unspecified atom stereocenters.